The molecule has 0 spiro atoms. The molecule has 0 bridgehead atoms. The average Bonchev–Trinajstić information content (AvgIpc) is 2.77. The molecular formula is C16H19ClN2OS. The molecule has 0 aliphatic rings. The largest absolute Gasteiger partial charge is 0.398 e. The number of nitrogens with zero attached hydrogens (tertiary/aromatic N) is 1. The van der Waals surface area contributed by atoms with Crippen molar-refractivity contribution in [2.75, 3.05) is 5.73 Å². The monoisotopic (exact) mass is 322 g/mol. The summed E-state index contributed by atoms with van der Waals surface area (Å²) < 4.78 is 0. The number of aryl methyl sites for hydroxylation is 1. The van der Waals surface area contributed by atoms with Gasteiger partial charge in [-0.25, -0.2) is 0 Å². The first-order valence-corrected chi connectivity index (χ1v) is 8.05. The maximum atomic E-state index is 12.7. The van der Waals surface area contributed by atoms with Crippen molar-refractivity contribution in [3.05, 3.63) is 50.7 Å². The lowest BCUT2D eigenvalue weighted by molar-refractivity contribution is 0.0696. The van der Waals surface area contributed by atoms with Crippen LogP contribution in [0.15, 0.2) is 29.6 Å². The molecule has 0 saturated heterocycles. The number of hydrogen-bond donors (Lipinski definition) is 1. The summed E-state index contributed by atoms with van der Waals surface area (Å²) in [5, 5.41) is 2.46. The summed E-state index contributed by atoms with van der Waals surface area (Å²) in [4.78, 5) is 15.1. The molecule has 1 aromatic carbocycles. The number of rotatable bonds is 4. The predicted octanol–water partition coefficient (Wildman–Crippen LogP) is 4.34. The normalized spacial score (nSPS) is 10.9. The van der Waals surface area contributed by atoms with Crippen LogP contribution in [0, 0.1) is 6.92 Å². The number of carbonyl (C=O) groups excluding carboxylic acids is 1. The second-order valence-electron chi connectivity index (χ2n) is 5.29. The molecule has 0 aliphatic heterocycles. The maximum absolute atomic E-state index is 12.7. The molecular weight excluding hydrogens is 304 g/mol. The quantitative estimate of drug-likeness (QED) is 0.851. The van der Waals surface area contributed by atoms with Crippen LogP contribution in [-0.2, 0) is 6.54 Å². The lowest BCUT2D eigenvalue weighted by Crippen LogP contribution is -2.36. The van der Waals surface area contributed by atoms with Gasteiger partial charge in [-0.1, -0.05) is 29.8 Å². The molecule has 0 fully saturated rings. The smallest absolute Gasteiger partial charge is 0.266 e. The zero-order chi connectivity index (χ0) is 15.6. The van der Waals surface area contributed by atoms with Gasteiger partial charge in [-0.15, -0.1) is 11.3 Å². The van der Waals surface area contributed by atoms with Crippen molar-refractivity contribution in [1.82, 2.24) is 4.90 Å². The number of para-hydroxylation sites is 1. The van der Waals surface area contributed by atoms with E-state index in [1.807, 2.05) is 50.4 Å². The topological polar surface area (TPSA) is 46.3 Å². The Morgan fingerprint density at radius 2 is 2.05 bits per heavy atom. The standard InChI is InChI=1S/C16H19ClN2OS/c1-10(2)19(8-12-6-4-5-7-13(12)18)16(20)15-14(17)11(3)9-21-15/h4-7,9-10H,8,18H2,1-3H3. The van der Waals surface area contributed by atoms with Crippen LogP contribution in [0.3, 0.4) is 0 Å². The zero-order valence-corrected chi connectivity index (χ0v) is 14.0. The molecule has 2 N–H and O–H groups in total. The fourth-order valence-electron chi connectivity index (χ4n) is 2.06. The van der Waals surface area contributed by atoms with Crippen LogP contribution in [0.4, 0.5) is 5.69 Å². The van der Waals surface area contributed by atoms with Crippen LogP contribution < -0.4 is 5.73 Å². The highest BCUT2D eigenvalue weighted by Gasteiger charge is 2.24. The van der Waals surface area contributed by atoms with Gasteiger partial charge in [-0.3, -0.25) is 4.79 Å². The van der Waals surface area contributed by atoms with Crippen molar-refractivity contribution < 1.29 is 4.79 Å². The molecule has 1 heterocycles. The van der Waals surface area contributed by atoms with Gasteiger partial charge in [0.05, 0.1) is 5.02 Å². The number of nitrogens with two attached hydrogens (primary N) is 1. The molecule has 0 radical (unpaired) electrons. The average molecular weight is 323 g/mol. The van der Waals surface area contributed by atoms with Gasteiger partial charge in [-0.2, -0.15) is 0 Å². The Morgan fingerprint density at radius 1 is 1.38 bits per heavy atom. The number of benzene rings is 1. The van der Waals surface area contributed by atoms with E-state index >= 15 is 0 Å². The summed E-state index contributed by atoms with van der Waals surface area (Å²) in [6.45, 7) is 6.37. The highest BCUT2D eigenvalue weighted by molar-refractivity contribution is 7.13. The minimum atomic E-state index is -0.0450. The first-order valence-electron chi connectivity index (χ1n) is 6.79. The first-order chi connectivity index (χ1) is 9.91. The molecule has 5 heteroatoms. The molecule has 1 aromatic heterocycles. The van der Waals surface area contributed by atoms with Gasteiger partial charge in [-0.05, 0) is 43.3 Å². The molecule has 1 amide bonds. The Labute approximate surface area is 134 Å². The first kappa shape index (κ1) is 15.9. The van der Waals surface area contributed by atoms with Crippen LogP contribution in [0.25, 0.3) is 0 Å². The van der Waals surface area contributed by atoms with Crippen LogP contribution in [0.5, 0.6) is 0 Å². The Hall–Kier alpha value is -1.52. The number of thiophene rings is 1. The lowest BCUT2D eigenvalue weighted by Gasteiger charge is -2.27. The molecule has 0 atom stereocenters. The van der Waals surface area contributed by atoms with E-state index < -0.39 is 0 Å². The van der Waals surface area contributed by atoms with Gasteiger partial charge in [0.1, 0.15) is 4.88 Å². The molecule has 2 rings (SSSR count). The third-order valence-corrected chi connectivity index (χ3v) is 5.06. The Kier molecular flexibility index (Phi) is 4.91. The van der Waals surface area contributed by atoms with Crippen molar-refractivity contribution in [2.24, 2.45) is 0 Å². The fourth-order valence-corrected chi connectivity index (χ4v) is 3.28. The van der Waals surface area contributed by atoms with E-state index in [1.165, 1.54) is 11.3 Å². The molecule has 112 valence electrons. The van der Waals surface area contributed by atoms with Crippen molar-refractivity contribution >= 4 is 34.5 Å². The minimum Gasteiger partial charge on any atom is -0.398 e. The minimum absolute atomic E-state index is 0.0450. The number of amides is 1. The van der Waals surface area contributed by atoms with E-state index in [1.54, 1.807) is 4.90 Å². The predicted molar refractivity (Wildman–Crippen MR) is 89.9 cm³/mol. The summed E-state index contributed by atoms with van der Waals surface area (Å²) in [5.74, 6) is -0.0450. The lowest BCUT2D eigenvalue weighted by atomic mass is 10.1. The van der Waals surface area contributed by atoms with Gasteiger partial charge in [0, 0.05) is 18.3 Å². The summed E-state index contributed by atoms with van der Waals surface area (Å²) in [6, 6.07) is 7.67. The number of anilines is 1. The third kappa shape index (κ3) is 3.39. The van der Waals surface area contributed by atoms with E-state index in [0.29, 0.717) is 22.1 Å². The molecule has 0 unspecified atom stereocenters. The highest BCUT2D eigenvalue weighted by Crippen LogP contribution is 2.29. The maximum Gasteiger partial charge on any atom is 0.266 e. The number of carbonyl (C=O) groups is 1. The van der Waals surface area contributed by atoms with Gasteiger partial charge >= 0.3 is 0 Å². The third-order valence-electron chi connectivity index (χ3n) is 3.37. The van der Waals surface area contributed by atoms with Gasteiger partial charge in [0.25, 0.3) is 5.91 Å². The van der Waals surface area contributed by atoms with Crippen molar-refractivity contribution in [3.63, 3.8) is 0 Å². The van der Waals surface area contributed by atoms with Crippen LogP contribution in [0.2, 0.25) is 5.02 Å². The van der Waals surface area contributed by atoms with E-state index in [2.05, 4.69) is 0 Å². The van der Waals surface area contributed by atoms with Gasteiger partial charge < -0.3 is 10.6 Å². The SMILES string of the molecule is Cc1csc(C(=O)N(Cc2ccccc2N)C(C)C)c1Cl. The fraction of sp³-hybridized carbons (Fsp3) is 0.312. The van der Waals surface area contributed by atoms with Gasteiger partial charge in [0.2, 0.25) is 0 Å². The molecule has 0 saturated carbocycles. The number of hydrogen-bond acceptors (Lipinski definition) is 3. The van der Waals surface area contributed by atoms with Crippen LogP contribution >= 0.6 is 22.9 Å². The summed E-state index contributed by atoms with van der Waals surface area (Å²) in [5.41, 5.74) is 8.56. The summed E-state index contributed by atoms with van der Waals surface area (Å²) in [7, 11) is 0. The Morgan fingerprint density at radius 3 is 2.57 bits per heavy atom. The van der Waals surface area contributed by atoms with Crippen LogP contribution in [-0.4, -0.2) is 16.8 Å². The molecule has 21 heavy (non-hydrogen) atoms. The molecule has 0 aliphatic carbocycles. The summed E-state index contributed by atoms with van der Waals surface area (Å²) in [6.07, 6.45) is 0. The van der Waals surface area contributed by atoms with Crippen LogP contribution in [0.1, 0.15) is 34.6 Å². The molecule has 3 nitrogen and oxygen atoms in total. The van der Waals surface area contributed by atoms with Crippen molar-refractivity contribution in [1.29, 1.82) is 0 Å². The second kappa shape index (κ2) is 6.50. The zero-order valence-electron chi connectivity index (χ0n) is 12.4. The van der Waals surface area contributed by atoms with Crippen molar-refractivity contribution in [2.45, 2.75) is 33.4 Å². The van der Waals surface area contributed by atoms with Gasteiger partial charge in [0.15, 0.2) is 0 Å². The highest BCUT2D eigenvalue weighted by atomic mass is 35.5. The Balaban J connectivity index is 2.30. The van der Waals surface area contributed by atoms with Crippen molar-refractivity contribution in [3.8, 4) is 0 Å². The number of halogens is 1. The molecule has 2 aromatic rings. The summed E-state index contributed by atoms with van der Waals surface area (Å²) >= 11 is 7.62. The Bertz CT molecular complexity index is 651. The van der Waals surface area contributed by atoms with E-state index in [9.17, 15) is 4.79 Å². The van der Waals surface area contributed by atoms with E-state index in [-0.39, 0.29) is 11.9 Å². The van der Waals surface area contributed by atoms with E-state index in [0.717, 1.165) is 11.1 Å². The van der Waals surface area contributed by atoms with E-state index in [4.69, 9.17) is 17.3 Å². The second-order valence-corrected chi connectivity index (χ2v) is 6.55. The number of nitrogen functional groups attached to an aromatic ring is 1.